The maximum Gasteiger partial charge on any atom is 0.175 e. The van der Waals surface area contributed by atoms with Crippen molar-refractivity contribution >= 4 is 15.9 Å². The molecule has 1 aromatic carbocycles. The molecular formula is C13H17BrO3. The Morgan fingerprint density at radius 1 is 1.35 bits per heavy atom. The second-order valence-corrected chi connectivity index (χ2v) is 5.21. The number of benzene rings is 1. The van der Waals surface area contributed by atoms with Crippen LogP contribution >= 0.6 is 15.9 Å². The molecule has 1 N–H and O–H groups in total. The third-order valence-corrected chi connectivity index (χ3v) is 3.73. The fourth-order valence-electron chi connectivity index (χ4n) is 1.85. The van der Waals surface area contributed by atoms with Crippen LogP contribution in [0, 0.1) is 5.92 Å². The minimum atomic E-state index is -0.466. The topological polar surface area (TPSA) is 38.7 Å². The molecule has 1 aliphatic heterocycles. The predicted octanol–water partition coefficient (Wildman–Crippen LogP) is 3.30. The lowest BCUT2D eigenvalue weighted by Crippen LogP contribution is -2.17. The molecule has 0 saturated carbocycles. The van der Waals surface area contributed by atoms with E-state index >= 15 is 0 Å². The van der Waals surface area contributed by atoms with Crippen molar-refractivity contribution in [2.24, 2.45) is 5.92 Å². The monoisotopic (exact) mass is 300 g/mol. The second kappa shape index (κ2) is 5.27. The van der Waals surface area contributed by atoms with Crippen LogP contribution in [0.15, 0.2) is 16.6 Å². The van der Waals surface area contributed by atoms with Gasteiger partial charge < -0.3 is 14.6 Å². The highest BCUT2D eigenvalue weighted by atomic mass is 79.9. The molecule has 0 aliphatic carbocycles. The van der Waals surface area contributed by atoms with Crippen molar-refractivity contribution < 1.29 is 14.6 Å². The summed E-state index contributed by atoms with van der Waals surface area (Å²) in [6.45, 7) is 5.23. The lowest BCUT2D eigenvalue weighted by molar-refractivity contribution is 0.114. The van der Waals surface area contributed by atoms with Crippen LogP contribution in [0.3, 0.4) is 0 Å². The van der Waals surface area contributed by atoms with Gasteiger partial charge in [0.2, 0.25) is 0 Å². The molecule has 0 aromatic heterocycles. The van der Waals surface area contributed by atoms with Gasteiger partial charge in [0.15, 0.2) is 11.5 Å². The molecule has 2 rings (SSSR count). The minimum Gasteiger partial charge on any atom is -0.486 e. The number of aliphatic hydroxyl groups excluding tert-OH is 1. The molecular weight excluding hydrogens is 284 g/mol. The molecule has 94 valence electrons. The number of hydrogen-bond donors (Lipinski definition) is 1. The van der Waals surface area contributed by atoms with Crippen LogP contribution in [-0.2, 0) is 0 Å². The molecule has 1 aliphatic rings. The highest BCUT2D eigenvalue weighted by Gasteiger charge is 2.21. The quantitative estimate of drug-likeness (QED) is 0.931. The molecule has 0 bridgehead atoms. The summed E-state index contributed by atoms with van der Waals surface area (Å²) in [5, 5.41) is 10.2. The van der Waals surface area contributed by atoms with Gasteiger partial charge in [-0.25, -0.2) is 0 Å². The van der Waals surface area contributed by atoms with Crippen molar-refractivity contribution in [1.82, 2.24) is 0 Å². The predicted molar refractivity (Wildman–Crippen MR) is 69.5 cm³/mol. The van der Waals surface area contributed by atoms with E-state index in [1.54, 1.807) is 0 Å². The Morgan fingerprint density at radius 3 is 2.76 bits per heavy atom. The van der Waals surface area contributed by atoms with E-state index in [0.29, 0.717) is 19.0 Å². The molecule has 17 heavy (non-hydrogen) atoms. The maximum absolute atomic E-state index is 10.2. The highest BCUT2D eigenvalue weighted by molar-refractivity contribution is 9.10. The molecule has 1 heterocycles. The number of fused-ring (bicyclic) bond motifs is 1. The lowest BCUT2D eigenvalue weighted by Gasteiger charge is -2.23. The molecule has 0 amide bonds. The molecule has 0 fully saturated rings. The number of rotatable bonds is 3. The Balaban J connectivity index is 2.33. The van der Waals surface area contributed by atoms with Crippen LogP contribution < -0.4 is 9.47 Å². The van der Waals surface area contributed by atoms with Crippen LogP contribution in [0.25, 0.3) is 0 Å². The van der Waals surface area contributed by atoms with Gasteiger partial charge in [-0.2, -0.15) is 0 Å². The number of halogens is 1. The Kier molecular flexibility index (Phi) is 3.94. The Morgan fingerprint density at radius 2 is 2.06 bits per heavy atom. The van der Waals surface area contributed by atoms with E-state index in [1.165, 1.54) is 0 Å². The first-order chi connectivity index (χ1) is 8.13. The Hall–Kier alpha value is -0.740. The van der Waals surface area contributed by atoms with Gasteiger partial charge in [-0.05, 0) is 39.5 Å². The van der Waals surface area contributed by atoms with E-state index in [2.05, 4.69) is 22.9 Å². The van der Waals surface area contributed by atoms with Crippen molar-refractivity contribution in [3.63, 3.8) is 0 Å². The largest absolute Gasteiger partial charge is 0.486 e. The van der Waals surface area contributed by atoms with Crippen LogP contribution in [0.2, 0.25) is 0 Å². The molecule has 2 unspecified atom stereocenters. The fourth-order valence-corrected chi connectivity index (χ4v) is 2.43. The van der Waals surface area contributed by atoms with E-state index in [4.69, 9.17) is 9.47 Å². The van der Waals surface area contributed by atoms with Gasteiger partial charge in [-0.3, -0.25) is 0 Å². The Labute approximate surface area is 110 Å². The normalized spacial score (nSPS) is 17.6. The first-order valence-electron chi connectivity index (χ1n) is 5.90. The zero-order chi connectivity index (χ0) is 12.4. The summed E-state index contributed by atoms with van der Waals surface area (Å²) < 4.78 is 11.9. The van der Waals surface area contributed by atoms with E-state index < -0.39 is 6.10 Å². The average molecular weight is 301 g/mol. The van der Waals surface area contributed by atoms with E-state index in [9.17, 15) is 5.11 Å². The fraction of sp³-hybridized carbons (Fsp3) is 0.538. The zero-order valence-corrected chi connectivity index (χ0v) is 11.7. The van der Waals surface area contributed by atoms with Crippen molar-refractivity contribution in [3.8, 4) is 11.5 Å². The SMILES string of the molecule is CCC(C)C(O)c1cc(Br)c2c(c1)OCCO2. The van der Waals surface area contributed by atoms with Gasteiger partial charge in [0, 0.05) is 0 Å². The summed E-state index contributed by atoms with van der Waals surface area (Å²) in [5.41, 5.74) is 0.871. The smallest absolute Gasteiger partial charge is 0.175 e. The first kappa shape index (κ1) is 12.7. The molecule has 3 nitrogen and oxygen atoms in total. The lowest BCUT2D eigenvalue weighted by atomic mass is 9.95. The standard InChI is InChI=1S/C13H17BrO3/c1-3-8(2)12(15)9-6-10(14)13-11(7-9)16-4-5-17-13/h6-8,12,15H,3-5H2,1-2H3. The van der Waals surface area contributed by atoms with Gasteiger partial charge in [0.05, 0.1) is 10.6 Å². The summed E-state index contributed by atoms with van der Waals surface area (Å²) >= 11 is 3.46. The zero-order valence-electron chi connectivity index (χ0n) is 10.1. The maximum atomic E-state index is 10.2. The summed E-state index contributed by atoms with van der Waals surface area (Å²) in [7, 11) is 0. The van der Waals surface area contributed by atoms with Crippen molar-refractivity contribution in [2.45, 2.75) is 26.4 Å². The van der Waals surface area contributed by atoms with Crippen molar-refractivity contribution in [3.05, 3.63) is 22.2 Å². The molecule has 4 heteroatoms. The third-order valence-electron chi connectivity index (χ3n) is 3.14. The molecule has 2 atom stereocenters. The van der Waals surface area contributed by atoms with Gasteiger partial charge in [-0.1, -0.05) is 20.3 Å². The molecule has 1 aromatic rings. The minimum absolute atomic E-state index is 0.226. The molecule has 0 spiro atoms. The van der Waals surface area contributed by atoms with Gasteiger partial charge in [0.25, 0.3) is 0 Å². The summed E-state index contributed by atoms with van der Waals surface area (Å²) in [6, 6.07) is 3.78. The molecule has 0 saturated heterocycles. The third kappa shape index (κ3) is 2.58. The van der Waals surface area contributed by atoms with E-state index in [-0.39, 0.29) is 5.92 Å². The Bertz CT molecular complexity index is 406. The first-order valence-corrected chi connectivity index (χ1v) is 6.70. The van der Waals surface area contributed by atoms with Crippen LogP contribution in [0.4, 0.5) is 0 Å². The van der Waals surface area contributed by atoms with Gasteiger partial charge in [-0.15, -0.1) is 0 Å². The summed E-state index contributed by atoms with van der Waals surface area (Å²) in [5.74, 6) is 1.67. The summed E-state index contributed by atoms with van der Waals surface area (Å²) in [6.07, 6.45) is 0.472. The van der Waals surface area contributed by atoms with Crippen molar-refractivity contribution in [1.29, 1.82) is 0 Å². The number of ether oxygens (including phenoxy) is 2. The number of hydrogen-bond acceptors (Lipinski definition) is 3. The van der Waals surface area contributed by atoms with Gasteiger partial charge in [0.1, 0.15) is 13.2 Å². The van der Waals surface area contributed by atoms with E-state index in [1.807, 2.05) is 19.1 Å². The van der Waals surface area contributed by atoms with Gasteiger partial charge >= 0.3 is 0 Å². The van der Waals surface area contributed by atoms with Crippen LogP contribution in [0.5, 0.6) is 11.5 Å². The average Bonchev–Trinajstić information content (AvgIpc) is 2.37. The second-order valence-electron chi connectivity index (χ2n) is 4.36. The van der Waals surface area contributed by atoms with Crippen molar-refractivity contribution in [2.75, 3.05) is 13.2 Å². The number of aliphatic hydroxyl groups is 1. The molecule has 0 radical (unpaired) electrons. The van der Waals surface area contributed by atoms with Crippen LogP contribution in [0.1, 0.15) is 31.9 Å². The highest BCUT2D eigenvalue weighted by Crippen LogP contribution is 2.41. The van der Waals surface area contributed by atoms with Crippen LogP contribution in [-0.4, -0.2) is 18.3 Å². The van der Waals surface area contributed by atoms with E-state index in [0.717, 1.165) is 22.2 Å². The summed E-state index contributed by atoms with van der Waals surface area (Å²) in [4.78, 5) is 0.